The highest BCUT2D eigenvalue weighted by molar-refractivity contribution is 5.30. The van der Waals surface area contributed by atoms with E-state index in [0.717, 1.165) is 0 Å². The maximum absolute atomic E-state index is 8.65. The van der Waals surface area contributed by atoms with E-state index in [1.807, 2.05) is 6.79 Å². The van der Waals surface area contributed by atoms with Crippen LogP contribution in [-0.2, 0) is 4.79 Å². The lowest BCUT2D eigenvalue weighted by molar-refractivity contribution is -0.0979. The topological polar surface area (TPSA) is 98.0 Å². The molecule has 0 bridgehead atoms. The standard InChI is InChI=1S/2C6H6O2.CH2O/c2*7-5-2-1-3-6(8)4-5;1-2/h2*1-4,7-8H;1H2. The van der Waals surface area contributed by atoms with Crippen LogP contribution in [0.4, 0.5) is 0 Å². The van der Waals surface area contributed by atoms with Crippen molar-refractivity contribution < 1.29 is 25.2 Å². The number of carbonyl (C=O) groups is 1. The summed E-state index contributed by atoms with van der Waals surface area (Å²) < 4.78 is 0. The SMILES string of the molecule is C=O.Oc1cccc(O)c1.Oc1cccc(O)c1. The molecule has 0 heterocycles. The summed E-state index contributed by atoms with van der Waals surface area (Å²) in [7, 11) is 0. The van der Waals surface area contributed by atoms with E-state index in [0.29, 0.717) is 0 Å². The summed E-state index contributed by atoms with van der Waals surface area (Å²) in [6, 6.07) is 11.7. The van der Waals surface area contributed by atoms with Crippen LogP contribution in [0.3, 0.4) is 0 Å². The number of carbonyl (C=O) groups excluding carboxylic acids is 1. The Balaban J connectivity index is 0.000000283. The second-order valence-corrected chi connectivity index (χ2v) is 3.04. The average Bonchev–Trinajstić information content (AvgIpc) is 2.31. The first kappa shape index (κ1) is 15.3. The largest absolute Gasteiger partial charge is 0.508 e. The number of phenolic OH excluding ortho intramolecular Hbond substituents is 4. The number of phenols is 4. The first-order chi connectivity index (χ1) is 8.58. The first-order valence-electron chi connectivity index (χ1n) is 4.83. The summed E-state index contributed by atoms with van der Waals surface area (Å²) in [6.45, 7) is 2.00. The third-order valence-electron chi connectivity index (χ3n) is 1.66. The Labute approximate surface area is 104 Å². The number of aromatic hydroxyl groups is 4. The summed E-state index contributed by atoms with van der Waals surface area (Å²) in [5.74, 6) is 0.352. The molecular formula is C13H14O5. The zero-order valence-electron chi connectivity index (χ0n) is 9.52. The number of rotatable bonds is 0. The lowest BCUT2D eigenvalue weighted by Crippen LogP contribution is -1.61. The van der Waals surface area contributed by atoms with Crippen molar-refractivity contribution in [2.75, 3.05) is 0 Å². The molecule has 0 atom stereocenters. The molecule has 4 N–H and O–H groups in total. The summed E-state index contributed by atoms with van der Waals surface area (Å²) in [6.07, 6.45) is 0. The Morgan fingerprint density at radius 3 is 0.944 bits per heavy atom. The van der Waals surface area contributed by atoms with Gasteiger partial charge >= 0.3 is 0 Å². The van der Waals surface area contributed by atoms with Crippen molar-refractivity contribution in [1.29, 1.82) is 0 Å². The molecule has 0 unspecified atom stereocenters. The lowest BCUT2D eigenvalue weighted by Gasteiger charge is -1.89. The van der Waals surface area contributed by atoms with Gasteiger partial charge in [-0.05, 0) is 24.3 Å². The van der Waals surface area contributed by atoms with Crippen LogP contribution in [0.1, 0.15) is 0 Å². The monoisotopic (exact) mass is 250 g/mol. The molecule has 0 spiro atoms. The molecule has 0 aliphatic carbocycles. The number of hydrogen-bond acceptors (Lipinski definition) is 5. The Hall–Kier alpha value is -2.69. The van der Waals surface area contributed by atoms with Gasteiger partial charge in [0.05, 0.1) is 0 Å². The van der Waals surface area contributed by atoms with Crippen LogP contribution < -0.4 is 0 Å². The summed E-state index contributed by atoms with van der Waals surface area (Å²) >= 11 is 0. The van der Waals surface area contributed by atoms with Gasteiger partial charge in [-0.1, -0.05) is 12.1 Å². The third kappa shape index (κ3) is 6.73. The van der Waals surface area contributed by atoms with Crippen LogP contribution in [0, 0.1) is 0 Å². The lowest BCUT2D eigenvalue weighted by atomic mass is 10.3. The molecule has 5 nitrogen and oxygen atoms in total. The summed E-state index contributed by atoms with van der Waals surface area (Å²) in [4.78, 5) is 8.00. The highest BCUT2D eigenvalue weighted by Gasteiger charge is 1.86. The molecule has 0 fully saturated rings. The molecule has 2 rings (SSSR count). The first-order valence-corrected chi connectivity index (χ1v) is 4.83. The van der Waals surface area contributed by atoms with Crippen molar-refractivity contribution in [1.82, 2.24) is 0 Å². The second kappa shape index (κ2) is 8.46. The van der Waals surface area contributed by atoms with Crippen molar-refractivity contribution in [3.8, 4) is 23.0 Å². The van der Waals surface area contributed by atoms with Crippen LogP contribution in [0.2, 0.25) is 0 Å². The molecule has 5 heteroatoms. The predicted molar refractivity (Wildman–Crippen MR) is 66.7 cm³/mol. The van der Waals surface area contributed by atoms with Gasteiger partial charge in [0.15, 0.2) is 0 Å². The van der Waals surface area contributed by atoms with E-state index in [1.165, 1.54) is 36.4 Å². The van der Waals surface area contributed by atoms with Gasteiger partial charge in [-0.3, -0.25) is 0 Å². The summed E-state index contributed by atoms with van der Waals surface area (Å²) in [5.41, 5.74) is 0. The van der Waals surface area contributed by atoms with E-state index in [1.54, 1.807) is 12.1 Å². The zero-order valence-corrected chi connectivity index (χ0v) is 9.52. The van der Waals surface area contributed by atoms with Crippen LogP contribution in [0.15, 0.2) is 48.5 Å². The van der Waals surface area contributed by atoms with Crippen LogP contribution >= 0.6 is 0 Å². The van der Waals surface area contributed by atoms with Gasteiger partial charge in [0.2, 0.25) is 0 Å². The highest BCUT2D eigenvalue weighted by atomic mass is 16.3. The van der Waals surface area contributed by atoms with E-state index in [9.17, 15) is 0 Å². The van der Waals surface area contributed by atoms with Gasteiger partial charge in [-0.15, -0.1) is 0 Å². The van der Waals surface area contributed by atoms with E-state index < -0.39 is 0 Å². The molecule has 0 aliphatic heterocycles. The minimum atomic E-state index is 0.0880. The average molecular weight is 250 g/mol. The molecule has 0 aliphatic rings. The fourth-order valence-electron chi connectivity index (χ4n) is 0.986. The van der Waals surface area contributed by atoms with Gasteiger partial charge in [-0.25, -0.2) is 0 Å². The van der Waals surface area contributed by atoms with E-state index >= 15 is 0 Å². The van der Waals surface area contributed by atoms with Gasteiger partial charge in [0, 0.05) is 12.1 Å². The van der Waals surface area contributed by atoms with Crippen LogP contribution in [0.5, 0.6) is 23.0 Å². The molecule has 2 aromatic carbocycles. The smallest absolute Gasteiger partial charge is 0.119 e. The fraction of sp³-hybridized carbons (Fsp3) is 0. The van der Waals surface area contributed by atoms with Gasteiger partial charge < -0.3 is 25.2 Å². The Kier molecular flexibility index (Phi) is 7.20. The number of benzene rings is 2. The Morgan fingerprint density at radius 1 is 0.611 bits per heavy atom. The van der Waals surface area contributed by atoms with Crippen molar-refractivity contribution in [2.24, 2.45) is 0 Å². The minimum Gasteiger partial charge on any atom is -0.508 e. The maximum atomic E-state index is 8.65. The van der Waals surface area contributed by atoms with E-state index in [4.69, 9.17) is 25.2 Å². The van der Waals surface area contributed by atoms with Crippen LogP contribution in [0.25, 0.3) is 0 Å². The second-order valence-electron chi connectivity index (χ2n) is 3.04. The van der Waals surface area contributed by atoms with Gasteiger partial charge in [-0.2, -0.15) is 0 Å². The molecule has 0 saturated carbocycles. The van der Waals surface area contributed by atoms with Crippen molar-refractivity contribution in [3.05, 3.63) is 48.5 Å². The van der Waals surface area contributed by atoms with Crippen molar-refractivity contribution in [2.45, 2.75) is 0 Å². The maximum Gasteiger partial charge on any atom is 0.119 e. The predicted octanol–water partition coefficient (Wildman–Crippen LogP) is 2.01. The molecule has 0 amide bonds. The molecular weight excluding hydrogens is 236 g/mol. The van der Waals surface area contributed by atoms with Crippen molar-refractivity contribution >= 4 is 6.79 Å². The molecule has 0 aromatic heterocycles. The van der Waals surface area contributed by atoms with E-state index in [-0.39, 0.29) is 23.0 Å². The minimum absolute atomic E-state index is 0.0880. The fourth-order valence-corrected chi connectivity index (χ4v) is 0.986. The van der Waals surface area contributed by atoms with Gasteiger partial charge in [0.1, 0.15) is 29.8 Å². The normalized spacial score (nSPS) is 8.22. The molecule has 0 radical (unpaired) electrons. The summed E-state index contributed by atoms with van der Waals surface area (Å²) in [5, 5.41) is 34.6. The zero-order chi connectivity index (χ0) is 14.0. The van der Waals surface area contributed by atoms with Crippen LogP contribution in [-0.4, -0.2) is 27.2 Å². The molecule has 2 aromatic rings. The Morgan fingerprint density at radius 2 is 0.833 bits per heavy atom. The third-order valence-corrected chi connectivity index (χ3v) is 1.66. The highest BCUT2D eigenvalue weighted by Crippen LogP contribution is 2.15. The Bertz CT molecular complexity index is 392. The number of hydrogen-bond donors (Lipinski definition) is 4. The molecule has 0 saturated heterocycles. The quantitative estimate of drug-likeness (QED) is 0.573. The van der Waals surface area contributed by atoms with E-state index in [2.05, 4.69) is 0 Å². The van der Waals surface area contributed by atoms with Gasteiger partial charge in [0.25, 0.3) is 0 Å². The van der Waals surface area contributed by atoms with Crippen molar-refractivity contribution in [3.63, 3.8) is 0 Å². The molecule has 18 heavy (non-hydrogen) atoms. The molecule has 96 valence electrons.